The molecule has 6 nitrogen and oxygen atoms in total. The van der Waals surface area contributed by atoms with Crippen molar-refractivity contribution in [3.8, 4) is 11.3 Å². The summed E-state index contributed by atoms with van der Waals surface area (Å²) in [4.78, 5) is 20.6. The number of pyridine rings is 1. The summed E-state index contributed by atoms with van der Waals surface area (Å²) in [6.07, 6.45) is 0. The third-order valence-corrected chi connectivity index (χ3v) is 3.40. The van der Waals surface area contributed by atoms with Crippen LogP contribution in [0.25, 0.3) is 22.2 Å². The second-order valence-corrected chi connectivity index (χ2v) is 5.01. The van der Waals surface area contributed by atoms with Crippen LogP contribution in [0.15, 0.2) is 59.6 Å². The predicted molar refractivity (Wildman–Crippen MR) is 91.7 cm³/mol. The van der Waals surface area contributed by atoms with Gasteiger partial charge in [0.2, 0.25) is 0 Å². The van der Waals surface area contributed by atoms with Gasteiger partial charge in [-0.3, -0.25) is 4.79 Å². The van der Waals surface area contributed by atoms with E-state index in [9.17, 15) is 4.79 Å². The molecule has 1 aromatic heterocycles. The number of benzene rings is 2. The number of aliphatic imine (C=N–C) groups is 1. The smallest absolute Gasteiger partial charge is 0.280 e. The minimum absolute atomic E-state index is 0.287. The van der Waals surface area contributed by atoms with Gasteiger partial charge in [-0.1, -0.05) is 42.5 Å². The molecule has 3 rings (SSSR count). The zero-order valence-corrected chi connectivity index (χ0v) is 12.2. The van der Waals surface area contributed by atoms with Crippen LogP contribution < -0.4 is 17.2 Å². The highest BCUT2D eigenvalue weighted by atomic mass is 16.1. The van der Waals surface area contributed by atoms with Gasteiger partial charge in [0, 0.05) is 10.9 Å². The van der Waals surface area contributed by atoms with Crippen molar-refractivity contribution < 1.29 is 4.79 Å². The Kier molecular flexibility index (Phi) is 3.64. The first kappa shape index (κ1) is 14.5. The number of aromatic nitrogens is 1. The number of rotatable bonds is 2. The van der Waals surface area contributed by atoms with Crippen molar-refractivity contribution in [1.29, 1.82) is 0 Å². The van der Waals surface area contributed by atoms with Gasteiger partial charge in [-0.15, -0.1) is 0 Å². The number of nitrogens with zero attached hydrogens (tertiary/aromatic N) is 2. The predicted octanol–water partition coefficient (Wildman–Crippen LogP) is 1.90. The molecule has 0 aliphatic rings. The maximum Gasteiger partial charge on any atom is 0.280 e. The second-order valence-electron chi connectivity index (χ2n) is 5.01. The number of amides is 1. The van der Waals surface area contributed by atoms with Crippen molar-refractivity contribution in [2.75, 3.05) is 5.73 Å². The largest absolute Gasteiger partial charge is 0.397 e. The van der Waals surface area contributed by atoms with Crippen LogP contribution in [0, 0.1) is 0 Å². The number of guanidine groups is 1. The Morgan fingerprint density at radius 3 is 2.43 bits per heavy atom. The number of anilines is 1. The standard InChI is InChI=1S/C17H15N5O/c18-13-8-4-7-11-12(16(23)22-17(19)20)9-14(21-15(11)13)10-5-2-1-3-6-10/h1-9H,18H2,(H4,19,20,22,23). The van der Waals surface area contributed by atoms with Gasteiger partial charge in [-0.2, -0.15) is 4.99 Å². The van der Waals surface area contributed by atoms with E-state index >= 15 is 0 Å². The Hall–Kier alpha value is -3.41. The molecule has 114 valence electrons. The molecule has 6 N–H and O–H groups in total. The Morgan fingerprint density at radius 1 is 1.00 bits per heavy atom. The molecule has 1 amide bonds. The molecule has 3 aromatic rings. The third-order valence-electron chi connectivity index (χ3n) is 3.40. The first-order valence-electron chi connectivity index (χ1n) is 6.95. The molecule has 0 aliphatic carbocycles. The van der Waals surface area contributed by atoms with E-state index in [-0.39, 0.29) is 5.96 Å². The van der Waals surface area contributed by atoms with Crippen LogP contribution in [0.2, 0.25) is 0 Å². The van der Waals surface area contributed by atoms with Gasteiger partial charge < -0.3 is 17.2 Å². The van der Waals surface area contributed by atoms with E-state index in [1.54, 1.807) is 24.3 Å². The van der Waals surface area contributed by atoms with E-state index in [1.807, 2.05) is 30.3 Å². The van der Waals surface area contributed by atoms with Crippen molar-refractivity contribution in [2.45, 2.75) is 0 Å². The number of fused-ring (bicyclic) bond motifs is 1. The molecule has 0 saturated heterocycles. The van der Waals surface area contributed by atoms with Gasteiger partial charge in [0.1, 0.15) is 0 Å². The van der Waals surface area contributed by atoms with E-state index in [4.69, 9.17) is 17.2 Å². The van der Waals surface area contributed by atoms with Crippen molar-refractivity contribution >= 4 is 28.5 Å². The molecule has 0 saturated carbocycles. The Bertz CT molecular complexity index is 915. The van der Waals surface area contributed by atoms with Crippen LogP contribution in [-0.4, -0.2) is 16.9 Å². The minimum atomic E-state index is -0.528. The van der Waals surface area contributed by atoms with Crippen molar-refractivity contribution in [2.24, 2.45) is 16.5 Å². The fraction of sp³-hybridized carbons (Fsp3) is 0. The quantitative estimate of drug-likeness (QED) is 0.379. The average molecular weight is 305 g/mol. The number of nitrogens with two attached hydrogens (primary N) is 3. The topological polar surface area (TPSA) is 120 Å². The average Bonchev–Trinajstić information content (AvgIpc) is 2.54. The molecule has 0 bridgehead atoms. The zero-order chi connectivity index (χ0) is 16.4. The minimum Gasteiger partial charge on any atom is -0.397 e. The number of para-hydroxylation sites is 1. The zero-order valence-electron chi connectivity index (χ0n) is 12.2. The maximum atomic E-state index is 12.3. The van der Waals surface area contributed by atoms with Crippen LogP contribution in [0.5, 0.6) is 0 Å². The highest BCUT2D eigenvalue weighted by molar-refractivity contribution is 6.12. The van der Waals surface area contributed by atoms with Crippen LogP contribution in [-0.2, 0) is 0 Å². The van der Waals surface area contributed by atoms with Crippen LogP contribution in [0.4, 0.5) is 5.69 Å². The molecule has 0 unspecified atom stereocenters. The van der Waals surface area contributed by atoms with Crippen LogP contribution >= 0.6 is 0 Å². The van der Waals surface area contributed by atoms with Gasteiger partial charge in [0.15, 0.2) is 5.96 Å². The molecule has 0 aliphatic heterocycles. The summed E-state index contributed by atoms with van der Waals surface area (Å²) in [7, 11) is 0. The SMILES string of the molecule is NC(N)=NC(=O)c1cc(-c2ccccc2)nc2c(N)cccc12. The van der Waals surface area contributed by atoms with E-state index < -0.39 is 5.91 Å². The lowest BCUT2D eigenvalue weighted by molar-refractivity contribution is 0.100. The lowest BCUT2D eigenvalue weighted by Gasteiger charge is -2.09. The summed E-state index contributed by atoms with van der Waals surface area (Å²) in [5.41, 5.74) is 19.5. The molecular formula is C17H15N5O. The summed E-state index contributed by atoms with van der Waals surface area (Å²) in [5, 5.41) is 0.611. The van der Waals surface area contributed by atoms with Gasteiger partial charge >= 0.3 is 0 Å². The lowest BCUT2D eigenvalue weighted by Crippen LogP contribution is -2.24. The Balaban J connectivity index is 2.31. The summed E-state index contributed by atoms with van der Waals surface area (Å²) >= 11 is 0. The van der Waals surface area contributed by atoms with Gasteiger partial charge in [0.05, 0.1) is 22.5 Å². The van der Waals surface area contributed by atoms with Crippen LogP contribution in [0.1, 0.15) is 10.4 Å². The number of hydrogen-bond acceptors (Lipinski definition) is 3. The van der Waals surface area contributed by atoms with Gasteiger partial charge in [-0.25, -0.2) is 4.98 Å². The normalized spacial score (nSPS) is 10.4. The highest BCUT2D eigenvalue weighted by Crippen LogP contribution is 2.28. The summed E-state index contributed by atoms with van der Waals surface area (Å²) in [6.45, 7) is 0. The molecular weight excluding hydrogens is 290 g/mol. The van der Waals surface area contributed by atoms with E-state index in [2.05, 4.69) is 9.98 Å². The molecule has 23 heavy (non-hydrogen) atoms. The molecule has 0 spiro atoms. The number of carbonyl (C=O) groups excluding carboxylic acids is 1. The monoisotopic (exact) mass is 305 g/mol. The van der Waals surface area contributed by atoms with Crippen molar-refractivity contribution in [3.63, 3.8) is 0 Å². The van der Waals surface area contributed by atoms with E-state index in [0.29, 0.717) is 27.8 Å². The van der Waals surface area contributed by atoms with Crippen molar-refractivity contribution in [1.82, 2.24) is 4.98 Å². The van der Waals surface area contributed by atoms with E-state index in [0.717, 1.165) is 5.56 Å². The van der Waals surface area contributed by atoms with Gasteiger partial charge in [-0.05, 0) is 12.1 Å². The maximum absolute atomic E-state index is 12.3. The third kappa shape index (κ3) is 2.82. The van der Waals surface area contributed by atoms with Crippen molar-refractivity contribution in [3.05, 3.63) is 60.2 Å². The Labute approximate surface area is 132 Å². The molecule has 0 radical (unpaired) electrons. The highest BCUT2D eigenvalue weighted by Gasteiger charge is 2.15. The Morgan fingerprint density at radius 2 is 1.74 bits per heavy atom. The summed E-state index contributed by atoms with van der Waals surface area (Å²) in [5.74, 6) is -0.815. The molecule has 2 aromatic carbocycles. The molecule has 1 heterocycles. The summed E-state index contributed by atoms with van der Waals surface area (Å²) < 4.78 is 0. The first-order chi connectivity index (χ1) is 11.1. The summed E-state index contributed by atoms with van der Waals surface area (Å²) in [6, 6.07) is 16.4. The van der Waals surface area contributed by atoms with Gasteiger partial charge in [0.25, 0.3) is 5.91 Å². The molecule has 6 heteroatoms. The lowest BCUT2D eigenvalue weighted by atomic mass is 10.0. The number of nitrogen functional groups attached to an aromatic ring is 1. The first-order valence-corrected chi connectivity index (χ1v) is 6.95. The second kappa shape index (κ2) is 5.76. The fourth-order valence-electron chi connectivity index (χ4n) is 2.38. The van der Waals surface area contributed by atoms with Crippen LogP contribution in [0.3, 0.4) is 0 Å². The molecule has 0 atom stereocenters. The number of carbonyl (C=O) groups is 1. The number of hydrogen-bond donors (Lipinski definition) is 3. The molecule has 0 fully saturated rings. The van der Waals surface area contributed by atoms with E-state index in [1.165, 1.54) is 0 Å². The fourth-order valence-corrected chi connectivity index (χ4v) is 2.38.